The van der Waals surface area contributed by atoms with Crippen LogP contribution in [0.1, 0.15) is 17.2 Å². The van der Waals surface area contributed by atoms with Gasteiger partial charge in [0, 0.05) is 25.3 Å². The molecular formula is C21H27N3O3. The third-order valence-corrected chi connectivity index (χ3v) is 4.82. The van der Waals surface area contributed by atoms with Crippen molar-refractivity contribution in [2.45, 2.75) is 12.5 Å². The van der Waals surface area contributed by atoms with E-state index in [0.29, 0.717) is 31.9 Å². The summed E-state index contributed by atoms with van der Waals surface area (Å²) in [5, 5.41) is 3.09. The Labute approximate surface area is 160 Å². The van der Waals surface area contributed by atoms with Crippen LogP contribution in [0.3, 0.4) is 0 Å². The van der Waals surface area contributed by atoms with E-state index in [2.05, 4.69) is 22.3 Å². The number of morpholine rings is 1. The number of nitrogens with two attached hydrogens (primary N) is 1. The van der Waals surface area contributed by atoms with Gasteiger partial charge in [0.2, 0.25) is 5.91 Å². The SMILES string of the molecule is COc1ccc(C(CNC(=O)Cc2ccc(N)cc2)N2CCOCC2)cc1. The number of amides is 1. The number of hydrogen-bond donors (Lipinski definition) is 2. The van der Waals surface area contributed by atoms with Crippen molar-refractivity contribution in [3.8, 4) is 5.75 Å². The van der Waals surface area contributed by atoms with Crippen molar-refractivity contribution < 1.29 is 14.3 Å². The highest BCUT2D eigenvalue weighted by Gasteiger charge is 2.23. The molecule has 1 saturated heterocycles. The number of nitrogen functional groups attached to an aromatic ring is 1. The van der Waals surface area contributed by atoms with E-state index in [9.17, 15) is 4.79 Å². The van der Waals surface area contributed by atoms with Crippen molar-refractivity contribution in [2.24, 2.45) is 0 Å². The maximum atomic E-state index is 12.4. The summed E-state index contributed by atoms with van der Waals surface area (Å²) >= 11 is 0. The van der Waals surface area contributed by atoms with Crippen LogP contribution in [0.4, 0.5) is 5.69 Å². The fourth-order valence-electron chi connectivity index (χ4n) is 3.27. The molecule has 1 atom stereocenters. The first-order chi connectivity index (χ1) is 13.2. The minimum atomic E-state index is 0.00606. The predicted molar refractivity (Wildman–Crippen MR) is 106 cm³/mol. The molecule has 0 aliphatic carbocycles. The first kappa shape index (κ1) is 19.2. The van der Waals surface area contributed by atoms with Crippen LogP contribution in [0.5, 0.6) is 5.75 Å². The van der Waals surface area contributed by atoms with Crippen LogP contribution in [-0.2, 0) is 16.0 Å². The van der Waals surface area contributed by atoms with Crippen LogP contribution < -0.4 is 15.8 Å². The Balaban J connectivity index is 1.64. The Bertz CT molecular complexity index is 725. The van der Waals surface area contributed by atoms with E-state index in [0.717, 1.165) is 30.0 Å². The molecule has 0 spiro atoms. The molecule has 1 aliphatic rings. The average Bonchev–Trinajstić information content (AvgIpc) is 2.71. The second kappa shape index (κ2) is 9.39. The quantitative estimate of drug-likeness (QED) is 0.730. The standard InChI is InChI=1S/C21H27N3O3/c1-26-19-8-4-17(5-9-19)20(24-10-12-27-13-11-24)15-23-21(25)14-16-2-6-18(22)7-3-16/h2-9,20H,10-15,22H2,1H3,(H,23,25). The van der Waals surface area contributed by atoms with Crippen LogP contribution >= 0.6 is 0 Å². The average molecular weight is 369 g/mol. The third kappa shape index (κ3) is 5.45. The van der Waals surface area contributed by atoms with E-state index in [-0.39, 0.29) is 11.9 Å². The molecule has 144 valence electrons. The zero-order valence-electron chi connectivity index (χ0n) is 15.7. The van der Waals surface area contributed by atoms with Crippen molar-refractivity contribution in [3.63, 3.8) is 0 Å². The zero-order valence-corrected chi connectivity index (χ0v) is 15.7. The highest BCUT2D eigenvalue weighted by Crippen LogP contribution is 2.23. The first-order valence-corrected chi connectivity index (χ1v) is 9.22. The van der Waals surface area contributed by atoms with Crippen LogP contribution in [0, 0.1) is 0 Å². The Kier molecular flexibility index (Phi) is 6.68. The van der Waals surface area contributed by atoms with Gasteiger partial charge < -0.3 is 20.5 Å². The van der Waals surface area contributed by atoms with Gasteiger partial charge in [-0.15, -0.1) is 0 Å². The van der Waals surface area contributed by atoms with Gasteiger partial charge in [-0.3, -0.25) is 9.69 Å². The number of methoxy groups -OCH3 is 1. The summed E-state index contributed by atoms with van der Waals surface area (Å²) in [5.41, 5.74) is 8.51. The topological polar surface area (TPSA) is 76.8 Å². The molecule has 1 fully saturated rings. The summed E-state index contributed by atoms with van der Waals surface area (Å²) < 4.78 is 10.7. The van der Waals surface area contributed by atoms with Crippen LogP contribution in [0.25, 0.3) is 0 Å². The Morgan fingerprint density at radius 1 is 1.15 bits per heavy atom. The smallest absolute Gasteiger partial charge is 0.224 e. The van der Waals surface area contributed by atoms with Crippen molar-refractivity contribution >= 4 is 11.6 Å². The number of ether oxygens (including phenoxy) is 2. The zero-order chi connectivity index (χ0) is 19.1. The number of nitrogens with zero attached hydrogens (tertiary/aromatic N) is 1. The lowest BCUT2D eigenvalue weighted by molar-refractivity contribution is -0.120. The first-order valence-electron chi connectivity index (χ1n) is 9.22. The van der Waals surface area contributed by atoms with Crippen LogP contribution in [-0.4, -0.2) is 50.8 Å². The predicted octanol–water partition coefficient (Wildman–Crippen LogP) is 2.01. The van der Waals surface area contributed by atoms with E-state index in [1.165, 1.54) is 0 Å². The summed E-state index contributed by atoms with van der Waals surface area (Å²) in [5.74, 6) is 0.832. The van der Waals surface area contributed by atoms with E-state index < -0.39 is 0 Å². The Hall–Kier alpha value is -2.57. The molecule has 6 nitrogen and oxygen atoms in total. The van der Waals surface area contributed by atoms with Crippen molar-refractivity contribution in [1.82, 2.24) is 10.2 Å². The normalized spacial score (nSPS) is 15.9. The molecule has 0 saturated carbocycles. The largest absolute Gasteiger partial charge is 0.497 e. The number of carbonyl (C=O) groups is 1. The van der Waals surface area contributed by atoms with E-state index >= 15 is 0 Å². The van der Waals surface area contributed by atoms with Crippen LogP contribution in [0.2, 0.25) is 0 Å². The van der Waals surface area contributed by atoms with Crippen molar-refractivity contribution in [1.29, 1.82) is 0 Å². The van der Waals surface area contributed by atoms with Gasteiger partial charge in [0.1, 0.15) is 5.75 Å². The molecule has 1 amide bonds. The van der Waals surface area contributed by atoms with Gasteiger partial charge in [0.05, 0.1) is 32.8 Å². The second-order valence-electron chi connectivity index (χ2n) is 6.66. The lowest BCUT2D eigenvalue weighted by Gasteiger charge is -2.35. The monoisotopic (exact) mass is 369 g/mol. The maximum Gasteiger partial charge on any atom is 0.224 e. The maximum absolute atomic E-state index is 12.4. The van der Waals surface area contributed by atoms with Gasteiger partial charge in [0.15, 0.2) is 0 Å². The number of benzene rings is 2. The van der Waals surface area contributed by atoms with Gasteiger partial charge in [-0.1, -0.05) is 24.3 Å². The molecule has 27 heavy (non-hydrogen) atoms. The second-order valence-corrected chi connectivity index (χ2v) is 6.66. The Morgan fingerprint density at radius 2 is 1.81 bits per heavy atom. The molecule has 1 unspecified atom stereocenters. The molecule has 3 N–H and O–H groups in total. The molecule has 1 aliphatic heterocycles. The molecule has 0 aromatic heterocycles. The fourth-order valence-corrected chi connectivity index (χ4v) is 3.27. The minimum Gasteiger partial charge on any atom is -0.497 e. The van der Waals surface area contributed by atoms with Gasteiger partial charge >= 0.3 is 0 Å². The summed E-state index contributed by atoms with van der Waals surface area (Å²) in [4.78, 5) is 14.8. The van der Waals surface area contributed by atoms with Gasteiger partial charge in [0.25, 0.3) is 0 Å². The number of hydrogen-bond acceptors (Lipinski definition) is 5. The van der Waals surface area contributed by atoms with Crippen molar-refractivity contribution in [2.75, 3.05) is 45.7 Å². The number of carbonyl (C=O) groups excluding carboxylic acids is 1. The summed E-state index contributed by atoms with van der Waals surface area (Å²) in [6, 6.07) is 15.5. The molecule has 3 rings (SSSR count). The Morgan fingerprint density at radius 3 is 2.44 bits per heavy atom. The number of anilines is 1. The highest BCUT2D eigenvalue weighted by molar-refractivity contribution is 5.78. The van der Waals surface area contributed by atoms with Crippen molar-refractivity contribution in [3.05, 3.63) is 59.7 Å². The molecule has 2 aromatic carbocycles. The van der Waals surface area contributed by atoms with Gasteiger partial charge in [-0.25, -0.2) is 0 Å². The number of rotatable bonds is 7. The van der Waals surface area contributed by atoms with E-state index in [1.54, 1.807) is 7.11 Å². The van der Waals surface area contributed by atoms with E-state index in [1.807, 2.05) is 36.4 Å². The van der Waals surface area contributed by atoms with Crippen LogP contribution in [0.15, 0.2) is 48.5 Å². The lowest BCUT2D eigenvalue weighted by atomic mass is 10.0. The molecular weight excluding hydrogens is 342 g/mol. The summed E-state index contributed by atoms with van der Waals surface area (Å²) in [6.07, 6.45) is 0.346. The summed E-state index contributed by atoms with van der Waals surface area (Å²) in [6.45, 7) is 3.69. The fraction of sp³-hybridized carbons (Fsp3) is 0.381. The summed E-state index contributed by atoms with van der Waals surface area (Å²) in [7, 11) is 1.66. The minimum absolute atomic E-state index is 0.00606. The number of nitrogens with one attached hydrogen (secondary N) is 1. The van der Waals surface area contributed by atoms with E-state index in [4.69, 9.17) is 15.2 Å². The lowest BCUT2D eigenvalue weighted by Crippen LogP contribution is -2.44. The molecule has 0 bridgehead atoms. The third-order valence-electron chi connectivity index (χ3n) is 4.82. The van der Waals surface area contributed by atoms with Gasteiger partial charge in [-0.05, 0) is 35.4 Å². The molecule has 0 radical (unpaired) electrons. The molecule has 6 heteroatoms. The highest BCUT2D eigenvalue weighted by atomic mass is 16.5. The molecule has 2 aromatic rings. The van der Waals surface area contributed by atoms with Gasteiger partial charge in [-0.2, -0.15) is 0 Å². The molecule has 1 heterocycles.